The van der Waals surface area contributed by atoms with Gasteiger partial charge in [-0.1, -0.05) is 78.1 Å². The fourth-order valence-electron chi connectivity index (χ4n) is 13.7. The lowest BCUT2D eigenvalue weighted by molar-refractivity contribution is -0.569. The molecule has 0 aliphatic carbocycles. The molecular weight excluding hydrogens is 704 g/mol. The molecule has 0 aromatic heterocycles. The Labute approximate surface area is 329 Å². The largest absolute Gasteiger partial charge is 0.372 e. The van der Waals surface area contributed by atoms with Crippen molar-refractivity contribution in [1.82, 2.24) is 0 Å². The first-order chi connectivity index (χ1) is 26.9. The van der Waals surface area contributed by atoms with Gasteiger partial charge < -0.3 is 52.1 Å². The third-order valence-corrected chi connectivity index (χ3v) is 17.1. The molecule has 55 heavy (non-hydrogen) atoms. The van der Waals surface area contributed by atoms with Crippen molar-refractivity contribution in [2.45, 2.75) is 211 Å². The molecule has 11 heteroatoms. The van der Waals surface area contributed by atoms with Gasteiger partial charge in [-0.15, -0.1) is 0 Å². The Balaban J connectivity index is 0.981. The molecule has 10 saturated heterocycles. The molecule has 10 atom stereocenters. The molecule has 0 aromatic carbocycles. The third kappa shape index (κ3) is 4.73. The van der Waals surface area contributed by atoms with Gasteiger partial charge in [0.05, 0.1) is 66.1 Å². The van der Waals surface area contributed by atoms with Crippen LogP contribution in [0.5, 0.6) is 0 Å². The van der Waals surface area contributed by atoms with Crippen molar-refractivity contribution in [3.63, 3.8) is 0 Å². The first-order valence-corrected chi connectivity index (χ1v) is 23.0. The second kappa shape index (κ2) is 14.1. The van der Waals surface area contributed by atoms with E-state index in [-0.39, 0.29) is 0 Å². The summed E-state index contributed by atoms with van der Waals surface area (Å²) in [7, 11) is 0. The first kappa shape index (κ1) is 38.7. The molecular formula is C44H70O11. The molecule has 10 aliphatic rings. The molecule has 10 unspecified atom stereocenters. The summed E-state index contributed by atoms with van der Waals surface area (Å²) in [4.78, 5) is 0. The minimum absolute atomic E-state index is 0.400. The molecule has 0 saturated carbocycles. The Morgan fingerprint density at radius 3 is 0.782 bits per heavy atom. The van der Waals surface area contributed by atoms with E-state index < -0.39 is 56.4 Å². The van der Waals surface area contributed by atoms with E-state index in [2.05, 4.69) is 13.8 Å². The van der Waals surface area contributed by atoms with Crippen molar-refractivity contribution in [2.75, 3.05) is 66.1 Å². The molecule has 10 fully saturated rings. The number of hydrogen-bond donors (Lipinski definition) is 0. The molecule has 312 valence electrons. The average Bonchev–Trinajstić information content (AvgIpc) is 2.99. The van der Waals surface area contributed by atoms with Crippen molar-refractivity contribution < 1.29 is 52.1 Å². The van der Waals surface area contributed by atoms with Crippen molar-refractivity contribution >= 4 is 0 Å². The molecule has 0 bridgehead atoms. The summed E-state index contributed by atoms with van der Waals surface area (Å²) in [6.07, 6.45) is 22.4. The van der Waals surface area contributed by atoms with Gasteiger partial charge >= 0.3 is 0 Å². The highest BCUT2D eigenvalue weighted by Crippen LogP contribution is 2.72. The van der Waals surface area contributed by atoms with Crippen LogP contribution in [0, 0.1) is 0 Å². The zero-order valence-corrected chi connectivity index (χ0v) is 34.1. The van der Waals surface area contributed by atoms with Crippen LogP contribution < -0.4 is 0 Å². The first-order valence-electron chi connectivity index (χ1n) is 23.0. The summed E-state index contributed by atoms with van der Waals surface area (Å²) in [6, 6.07) is 0. The van der Waals surface area contributed by atoms with E-state index in [9.17, 15) is 0 Å². The van der Waals surface area contributed by atoms with Gasteiger partial charge in [-0.2, -0.15) is 0 Å². The predicted molar refractivity (Wildman–Crippen MR) is 201 cm³/mol. The van der Waals surface area contributed by atoms with E-state index in [1.165, 1.54) is 51.4 Å². The summed E-state index contributed by atoms with van der Waals surface area (Å²) in [5.74, 6) is -2.20. The van der Waals surface area contributed by atoms with Crippen LogP contribution in [0.4, 0.5) is 0 Å². The van der Waals surface area contributed by atoms with Crippen LogP contribution in [-0.2, 0) is 52.1 Å². The van der Waals surface area contributed by atoms with Gasteiger partial charge in [0.15, 0.2) is 11.2 Å². The highest BCUT2D eigenvalue weighted by molar-refractivity contribution is 5.35. The lowest BCUT2D eigenvalue weighted by Gasteiger charge is -2.79. The summed E-state index contributed by atoms with van der Waals surface area (Å²) in [5.41, 5.74) is -5.32. The Bertz CT molecular complexity index is 1260. The van der Waals surface area contributed by atoms with Crippen molar-refractivity contribution in [3.05, 3.63) is 0 Å². The topological polar surface area (TPSA) is 102 Å². The third-order valence-electron chi connectivity index (χ3n) is 17.1. The molecule has 10 heterocycles. The predicted octanol–water partition coefficient (Wildman–Crippen LogP) is 7.23. The molecule has 0 amide bonds. The van der Waals surface area contributed by atoms with Crippen LogP contribution >= 0.6 is 0 Å². The Morgan fingerprint density at radius 1 is 0.309 bits per heavy atom. The van der Waals surface area contributed by atoms with Gasteiger partial charge in [0.2, 0.25) is 11.6 Å². The molecule has 10 aliphatic heterocycles. The monoisotopic (exact) mass is 774 g/mol. The zero-order valence-electron chi connectivity index (χ0n) is 34.1. The van der Waals surface area contributed by atoms with E-state index in [1.807, 2.05) is 0 Å². The van der Waals surface area contributed by atoms with E-state index in [1.54, 1.807) is 0 Å². The Kier molecular flexibility index (Phi) is 9.91. The van der Waals surface area contributed by atoms with Crippen molar-refractivity contribution in [1.29, 1.82) is 0 Å². The summed E-state index contributed by atoms with van der Waals surface area (Å²) in [6.45, 7) is 11.2. The van der Waals surface area contributed by atoms with Crippen molar-refractivity contribution in [2.24, 2.45) is 0 Å². The summed E-state index contributed by atoms with van der Waals surface area (Å²) >= 11 is 0. The summed E-state index contributed by atoms with van der Waals surface area (Å²) < 4.78 is 76.9. The van der Waals surface area contributed by atoms with Crippen LogP contribution in [0.15, 0.2) is 0 Å². The smallest absolute Gasteiger partial charge is 0.206 e. The average molecular weight is 775 g/mol. The maximum absolute atomic E-state index is 7.74. The zero-order chi connectivity index (χ0) is 37.4. The second-order valence-electron chi connectivity index (χ2n) is 18.9. The fraction of sp³-hybridized carbons (Fsp3) is 1.00. The van der Waals surface area contributed by atoms with Gasteiger partial charge in [-0.25, -0.2) is 0 Å². The fourth-order valence-corrected chi connectivity index (χ4v) is 13.7. The lowest BCUT2D eigenvalue weighted by Crippen LogP contribution is -2.95. The maximum Gasteiger partial charge on any atom is 0.206 e. The molecule has 0 radical (unpaired) electrons. The van der Waals surface area contributed by atoms with Gasteiger partial charge in [-0.3, -0.25) is 0 Å². The quantitative estimate of drug-likeness (QED) is 0.104. The van der Waals surface area contributed by atoms with Gasteiger partial charge in [0, 0.05) is 64.2 Å². The Morgan fingerprint density at radius 2 is 0.582 bits per heavy atom. The van der Waals surface area contributed by atoms with E-state index in [4.69, 9.17) is 52.1 Å². The van der Waals surface area contributed by atoms with Crippen molar-refractivity contribution in [3.8, 4) is 0 Å². The van der Waals surface area contributed by atoms with E-state index in [0.717, 1.165) is 90.3 Å². The SMILES string of the molecule is CCCCCCCC1(C2(C3(C4(C5(OC6(C7(C8(C9(C%10(CCCCCCC)CCO%10)CCO9)CCO8)CCO7)CCO6)CCO5)CCO4)CCO3)CCO2)CCO1. The molecule has 0 aromatic rings. The maximum atomic E-state index is 7.74. The van der Waals surface area contributed by atoms with Gasteiger partial charge in [0.25, 0.3) is 0 Å². The van der Waals surface area contributed by atoms with Crippen LogP contribution in [0.1, 0.15) is 155 Å². The second-order valence-corrected chi connectivity index (χ2v) is 18.9. The van der Waals surface area contributed by atoms with Crippen LogP contribution in [-0.4, -0.2) is 122 Å². The molecule has 10 rings (SSSR count). The normalized spacial score (nSPS) is 50.9. The number of rotatable bonds is 22. The summed E-state index contributed by atoms with van der Waals surface area (Å²) in [5, 5.41) is 0. The molecule has 11 nitrogen and oxygen atoms in total. The molecule has 0 N–H and O–H groups in total. The van der Waals surface area contributed by atoms with Crippen LogP contribution in [0.3, 0.4) is 0 Å². The van der Waals surface area contributed by atoms with Gasteiger partial charge in [-0.05, 0) is 12.8 Å². The number of unbranched alkanes of at least 4 members (excludes halogenated alkanes) is 8. The number of ether oxygens (including phenoxy) is 11. The highest BCUT2D eigenvalue weighted by Gasteiger charge is 2.89. The lowest BCUT2D eigenvalue weighted by atomic mass is 9.49. The van der Waals surface area contributed by atoms with E-state index >= 15 is 0 Å². The molecule has 0 spiro atoms. The van der Waals surface area contributed by atoms with E-state index in [0.29, 0.717) is 65.7 Å². The minimum Gasteiger partial charge on any atom is -0.372 e. The van der Waals surface area contributed by atoms with Crippen LogP contribution in [0.25, 0.3) is 0 Å². The van der Waals surface area contributed by atoms with Gasteiger partial charge in [0.1, 0.15) is 33.6 Å². The van der Waals surface area contributed by atoms with Crippen LogP contribution in [0.2, 0.25) is 0 Å². The Hall–Kier alpha value is -0.440. The number of hydrogen-bond acceptors (Lipinski definition) is 11. The standard InChI is InChI=1S/C44H70O11/c1-3-5-7-9-11-13-35(15-25-45-35)37(17-27-47-37)39(19-29-49-39)41(21-31-51-41)43(23-33-53-43)55-44(24-34-54-44)42(22-32-52-42)40(20-30-50-40)38(18-28-48-38)36(16-26-46-36)14-12-10-8-6-4-2/h3-34H2,1-2H3. The minimum atomic E-state index is -1.10. The highest BCUT2D eigenvalue weighted by atomic mass is 16.8.